The number of carbonyl (C=O) groups excluding carboxylic acids is 4. The van der Waals surface area contributed by atoms with Gasteiger partial charge in [-0.15, -0.1) is 0 Å². The van der Waals surface area contributed by atoms with Gasteiger partial charge < -0.3 is 28.7 Å². The Morgan fingerprint density at radius 3 is 1.24 bits per heavy atom. The summed E-state index contributed by atoms with van der Waals surface area (Å²) >= 11 is 0. The van der Waals surface area contributed by atoms with Crippen molar-refractivity contribution >= 4 is 47.4 Å². The molecule has 0 spiro atoms. The van der Waals surface area contributed by atoms with Crippen molar-refractivity contribution in [3.63, 3.8) is 0 Å². The minimum Gasteiger partial charge on any atom is -0.461 e. The number of hydrogen-bond donors (Lipinski definition) is 0. The smallest absolute Gasteiger partial charge is 0.354 e. The molecule has 59 heavy (non-hydrogen) atoms. The van der Waals surface area contributed by atoms with Crippen LogP contribution in [0.3, 0.4) is 0 Å². The van der Waals surface area contributed by atoms with E-state index in [1.54, 1.807) is 48.5 Å². The van der Waals surface area contributed by atoms with Gasteiger partial charge in [-0.25, -0.2) is 19.2 Å². The molecule has 0 unspecified atom stereocenters. The van der Waals surface area contributed by atoms with Crippen LogP contribution in [-0.2, 0) is 34.1 Å². The lowest BCUT2D eigenvalue weighted by atomic mass is 9.78. The summed E-state index contributed by atoms with van der Waals surface area (Å²) in [6.45, 7) is 12.1. The second-order valence-electron chi connectivity index (χ2n) is 13.6. The van der Waals surface area contributed by atoms with Crippen LogP contribution in [0.15, 0.2) is 134 Å². The molecule has 0 aromatic heterocycles. The van der Waals surface area contributed by atoms with Crippen molar-refractivity contribution < 1.29 is 38.1 Å². The van der Waals surface area contributed by atoms with Gasteiger partial charge in [0.05, 0.1) is 13.1 Å². The first-order chi connectivity index (χ1) is 28.3. The lowest BCUT2D eigenvalue weighted by Crippen LogP contribution is -2.23. The number of carbonyl (C=O) groups is 4. The van der Waals surface area contributed by atoms with E-state index in [4.69, 9.17) is 18.9 Å². The molecule has 12 heteroatoms. The standard InChI is InChI=1S/C47H44N4O8/c1-7-43(52)56-27-25-50(5)39-17-9-33(10-18-39)29-35(31-48)45(54)58-41-21-13-37(14-22-41)47(3,4)38-15-23-42(24-16-38)59-46(55)36(32-49)30-34-11-19-40(20-12-34)51(6)26-28-57-44(53)8-2/h7-24,29-30H,1-2,25-28H2,3-6H3/b35-29+,36-30+. The highest BCUT2D eigenvalue weighted by atomic mass is 16.5. The average Bonchev–Trinajstić information content (AvgIpc) is 3.25. The molecule has 4 aromatic carbocycles. The van der Waals surface area contributed by atoms with Crippen molar-refractivity contribution in [1.29, 1.82) is 10.5 Å². The number of nitrogens with zero attached hydrogens (tertiary/aromatic N) is 4. The van der Waals surface area contributed by atoms with Crippen LogP contribution in [-0.4, -0.2) is 64.3 Å². The first-order valence-corrected chi connectivity index (χ1v) is 18.4. The number of likely N-dealkylation sites (N-methyl/N-ethyl adjacent to an activating group) is 2. The van der Waals surface area contributed by atoms with E-state index in [0.717, 1.165) is 34.7 Å². The fourth-order valence-electron chi connectivity index (χ4n) is 5.57. The summed E-state index contributed by atoms with van der Waals surface area (Å²) in [6, 6.07) is 32.1. The van der Waals surface area contributed by atoms with Crippen LogP contribution in [0.5, 0.6) is 11.5 Å². The number of esters is 4. The largest absolute Gasteiger partial charge is 0.461 e. The highest BCUT2D eigenvalue weighted by Gasteiger charge is 2.24. The summed E-state index contributed by atoms with van der Waals surface area (Å²) in [6.07, 6.45) is 5.11. The molecule has 12 nitrogen and oxygen atoms in total. The number of nitriles is 2. The van der Waals surface area contributed by atoms with Gasteiger partial charge in [0, 0.05) is 43.0 Å². The molecule has 0 aliphatic carbocycles. The van der Waals surface area contributed by atoms with Gasteiger partial charge in [-0.05, 0) is 82.9 Å². The predicted octanol–water partition coefficient (Wildman–Crippen LogP) is 7.37. The maximum Gasteiger partial charge on any atom is 0.354 e. The topological polar surface area (TPSA) is 159 Å². The third-order valence-electron chi connectivity index (χ3n) is 9.22. The lowest BCUT2D eigenvalue weighted by Gasteiger charge is -2.26. The molecule has 0 atom stereocenters. The second-order valence-corrected chi connectivity index (χ2v) is 13.6. The molecule has 0 saturated heterocycles. The highest BCUT2D eigenvalue weighted by molar-refractivity contribution is 5.99. The Hall–Kier alpha value is -7.70. The summed E-state index contributed by atoms with van der Waals surface area (Å²) in [5.41, 5.74) is 3.92. The van der Waals surface area contributed by atoms with Crippen LogP contribution in [0.4, 0.5) is 11.4 Å². The van der Waals surface area contributed by atoms with E-state index in [1.807, 2.05) is 98.4 Å². The number of hydrogen-bond acceptors (Lipinski definition) is 12. The minimum atomic E-state index is -0.799. The SMILES string of the molecule is C=CC(=O)OCCN(C)c1ccc(/C=C(\C#N)C(=O)Oc2ccc(C(C)(C)c3ccc(OC(=O)/C(C#N)=C/c4ccc(N(C)CCOC(=O)C=C)cc4)cc3)cc2)cc1. The van der Waals surface area contributed by atoms with E-state index in [2.05, 4.69) is 13.2 Å². The molecule has 0 aliphatic heterocycles. The fraction of sp³-hybridized carbons (Fsp3) is 0.191. The van der Waals surface area contributed by atoms with E-state index in [-0.39, 0.29) is 35.9 Å². The molecule has 0 radical (unpaired) electrons. The molecule has 4 rings (SSSR count). The third kappa shape index (κ3) is 12.7. The normalized spacial score (nSPS) is 11.2. The van der Waals surface area contributed by atoms with Gasteiger partial charge in [0.15, 0.2) is 0 Å². The molecule has 0 heterocycles. The Balaban J connectivity index is 1.33. The first kappa shape index (κ1) is 44.0. The molecule has 0 bridgehead atoms. The maximum absolute atomic E-state index is 12.9. The van der Waals surface area contributed by atoms with E-state index in [9.17, 15) is 29.7 Å². The van der Waals surface area contributed by atoms with Gasteiger partial charge in [0.1, 0.15) is 48.0 Å². The van der Waals surface area contributed by atoms with Crippen molar-refractivity contribution in [3.8, 4) is 23.6 Å². The van der Waals surface area contributed by atoms with Crippen molar-refractivity contribution in [3.05, 3.63) is 156 Å². The zero-order chi connectivity index (χ0) is 43.0. The summed E-state index contributed by atoms with van der Waals surface area (Å²) in [7, 11) is 3.70. The highest BCUT2D eigenvalue weighted by Crippen LogP contribution is 2.34. The Labute approximate surface area is 344 Å². The Bertz CT molecular complexity index is 2130. The summed E-state index contributed by atoms with van der Waals surface area (Å²) < 4.78 is 21.1. The number of anilines is 2. The van der Waals surface area contributed by atoms with Crippen LogP contribution >= 0.6 is 0 Å². The number of rotatable bonds is 18. The number of benzene rings is 4. The van der Waals surface area contributed by atoms with Gasteiger partial charge in [-0.2, -0.15) is 10.5 Å². The zero-order valence-electron chi connectivity index (χ0n) is 33.3. The monoisotopic (exact) mass is 792 g/mol. The molecule has 300 valence electrons. The van der Waals surface area contributed by atoms with Gasteiger partial charge in [0.25, 0.3) is 0 Å². The zero-order valence-corrected chi connectivity index (χ0v) is 33.3. The van der Waals surface area contributed by atoms with Gasteiger partial charge in [-0.1, -0.05) is 75.5 Å². The van der Waals surface area contributed by atoms with Crippen LogP contribution in [0, 0.1) is 22.7 Å². The predicted molar refractivity (Wildman–Crippen MR) is 225 cm³/mol. The van der Waals surface area contributed by atoms with E-state index >= 15 is 0 Å². The average molecular weight is 793 g/mol. The van der Waals surface area contributed by atoms with Crippen LogP contribution in [0.1, 0.15) is 36.1 Å². The molecule has 0 aliphatic rings. The van der Waals surface area contributed by atoms with Crippen LogP contribution < -0.4 is 19.3 Å². The lowest BCUT2D eigenvalue weighted by molar-refractivity contribution is -0.138. The molecule has 0 saturated carbocycles. The molecular formula is C47H44N4O8. The van der Waals surface area contributed by atoms with E-state index in [1.165, 1.54) is 12.2 Å². The molecule has 0 fully saturated rings. The van der Waals surface area contributed by atoms with Crippen LogP contribution in [0.25, 0.3) is 12.2 Å². The third-order valence-corrected chi connectivity index (χ3v) is 9.22. The van der Waals surface area contributed by atoms with Gasteiger partial charge >= 0.3 is 23.9 Å². The molecule has 0 N–H and O–H groups in total. The number of ether oxygens (including phenoxy) is 4. The molecule has 4 aromatic rings. The van der Waals surface area contributed by atoms with Gasteiger partial charge in [-0.3, -0.25) is 0 Å². The maximum atomic E-state index is 12.9. The van der Waals surface area contributed by atoms with E-state index < -0.39 is 29.3 Å². The van der Waals surface area contributed by atoms with Crippen molar-refractivity contribution in [2.24, 2.45) is 0 Å². The first-order valence-electron chi connectivity index (χ1n) is 18.4. The summed E-state index contributed by atoms with van der Waals surface area (Å²) in [4.78, 5) is 52.2. The van der Waals surface area contributed by atoms with Crippen LogP contribution in [0.2, 0.25) is 0 Å². The second kappa shape index (κ2) is 21.0. The van der Waals surface area contributed by atoms with E-state index in [0.29, 0.717) is 24.2 Å². The Morgan fingerprint density at radius 1 is 0.593 bits per heavy atom. The van der Waals surface area contributed by atoms with Crippen molar-refractivity contribution in [1.82, 2.24) is 0 Å². The molecular weight excluding hydrogens is 749 g/mol. The summed E-state index contributed by atoms with van der Waals surface area (Å²) in [5, 5.41) is 19.4. The van der Waals surface area contributed by atoms with Crippen molar-refractivity contribution in [2.75, 3.05) is 50.2 Å². The fourth-order valence-corrected chi connectivity index (χ4v) is 5.57. The van der Waals surface area contributed by atoms with Gasteiger partial charge in [0.2, 0.25) is 0 Å². The van der Waals surface area contributed by atoms with Crippen molar-refractivity contribution in [2.45, 2.75) is 19.3 Å². The summed E-state index contributed by atoms with van der Waals surface area (Å²) in [5.74, 6) is -2.05. The Kier molecular flexibility index (Phi) is 15.7. The Morgan fingerprint density at radius 2 is 0.932 bits per heavy atom. The quantitative estimate of drug-likeness (QED) is 0.0427. The molecule has 0 amide bonds. The minimum absolute atomic E-state index is 0.175.